The van der Waals surface area contributed by atoms with Gasteiger partial charge in [-0.3, -0.25) is 4.79 Å². The minimum atomic E-state index is -0.446. The van der Waals surface area contributed by atoms with Gasteiger partial charge in [-0.15, -0.1) is 0 Å². The Labute approximate surface area is 654 Å². The molecule has 0 saturated heterocycles. The van der Waals surface area contributed by atoms with Gasteiger partial charge in [-0.05, 0) is 161 Å². The minimum Gasteiger partial charge on any atom is -0.497 e. The largest absolute Gasteiger partial charge is 0.497 e. The zero-order chi connectivity index (χ0) is 72.9. The number of methoxy groups -OCH3 is 3. The van der Waals surface area contributed by atoms with Crippen LogP contribution in [0.5, 0.6) is 17.2 Å². The van der Waals surface area contributed by atoms with E-state index >= 15 is 0 Å². The normalized spacial score (nSPS) is 11.4. The van der Waals surface area contributed by atoms with Crippen molar-refractivity contribution < 1.29 is 39.4 Å². The monoisotopic (exact) mass is 1580 g/mol. The SMILES string of the molecule is COc1cccc(-c2cc(OC)c(OC)cc2C=C2C(=O)Nc3ccc(Cl)cc32)c1.[Pd].c1ccc(P(c2ccccc2)c2ccccc2)cc1.c1ccc(P(c2ccccc2)c2ccccc2)cc1.c1ccc(P(c2ccccc2)c2ccccc2)cc1.c1ccc(P(c2ccccc2)c2ccccc2)cc1. The number of halogens is 1. The van der Waals surface area contributed by atoms with Gasteiger partial charge in [0.15, 0.2) is 11.5 Å². The Kier molecular flexibility index (Phi) is 29.7. The van der Waals surface area contributed by atoms with E-state index < -0.39 is 31.7 Å². The van der Waals surface area contributed by atoms with Gasteiger partial charge in [0.05, 0.1) is 21.3 Å². The third-order valence-electron chi connectivity index (χ3n) is 17.2. The Hall–Kier alpha value is -10.4. The van der Waals surface area contributed by atoms with Crippen molar-refractivity contribution in [3.05, 3.63) is 435 Å². The number of nitrogens with one attached hydrogen (secondary N) is 1. The molecule has 16 rings (SSSR count). The summed E-state index contributed by atoms with van der Waals surface area (Å²) >= 11 is 6.17. The summed E-state index contributed by atoms with van der Waals surface area (Å²) in [5.74, 6) is 1.72. The number of hydrogen-bond acceptors (Lipinski definition) is 4. The topological polar surface area (TPSA) is 56.8 Å². The summed E-state index contributed by atoms with van der Waals surface area (Å²) in [6.45, 7) is 0. The van der Waals surface area contributed by atoms with Gasteiger partial charge < -0.3 is 19.5 Å². The van der Waals surface area contributed by atoms with E-state index in [4.69, 9.17) is 25.8 Å². The van der Waals surface area contributed by atoms with E-state index in [1.54, 1.807) is 39.5 Å². The van der Waals surface area contributed by atoms with Crippen molar-refractivity contribution in [3.8, 4) is 28.4 Å². The zero-order valence-corrected chi connectivity index (χ0v) is 65.4. The second kappa shape index (κ2) is 40.9. The molecule has 0 spiro atoms. The molecule has 0 atom stereocenters. The average molecular weight is 1580 g/mol. The second-order valence-corrected chi connectivity index (χ2v) is 33.4. The van der Waals surface area contributed by atoms with Crippen LogP contribution in [0.25, 0.3) is 22.8 Å². The van der Waals surface area contributed by atoms with Crippen LogP contribution in [-0.2, 0) is 25.2 Å². The molecule has 0 bridgehead atoms. The van der Waals surface area contributed by atoms with Gasteiger partial charge in [-0.2, -0.15) is 0 Å². The standard InChI is InChI=1S/C24H20ClNO4.4C18H15P.Pd/c1-28-17-6-4-5-14(9-17)18-13-23(30-3)22(29-2)11-15(18)10-20-19-12-16(25)7-8-21(19)26-24(20)27;4*1-4-10-16(11-5-1)19(17-12-6-2-7-13-17)18-14-8-3-9-15-18;/h4-13H,1-3H3,(H,26,27);4*1-15H;. The van der Waals surface area contributed by atoms with Crippen LogP contribution in [0, 0.1) is 0 Å². The molecular formula is C96H80ClNO4P4Pd. The Morgan fingerprint density at radius 3 is 0.794 bits per heavy atom. The second-order valence-electron chi connectivity index (χ2n) is 24.1. The first kappa shape index (κ1) is 77.7. The van der Waals surface area contributed by atoms with E-state index in [0.717, 1.165) is 33.7 Å². The summed E-state index contributed by atoms with van der Waals surface area (Å²) in [5, 5.41) is 20.2. The first-order valence-electron chi connectivity index (χ1n) is 34.9. The van der Waals surface area contributed by atoms with E-state index in [9.17, 15) is 4.79 Å². The molecule has 107 heavy (non-hydrogen) atoms. The van der Waals surface area contributed by atoms with Gasteiger partial charge >= 0.3 is 0 Å². The number of anilines is 1. The molecule has 15 aromatic carbocycles. The van der Waals surface area contributed by atoms with Crippen LogP contribution in [0.15, 0.2) is 419 Å². The van der Waals surface area contributed by atoms with E-state index in [-0.39, 0.29) is 26.3 Å². The fourth-order valence-corrected chi connectivity index (χ4v) is 21.6. The van der Waals surface area contributed by atoms with Crippen molar-refractivity contribution in [2.24, 2.45) is 0 Å². The van der Waals surface area contributed by atoms with Crippen molar-refractivity contribution in [1.29, 1.82) is 0 Å². The van der Waals surface area contributed by atoms with E-state index in [1.807, 2.05) is 42.5 Å². The van der Waals surface area contributed by atoms with Crippen molar-refractivity contribution in [2.75, 3.05) is 26.6 Å². The first-order chi connectivity index (χ1) is 52.3. The van der Waals surface area contributed by atoms with Crippen LogP contribution in [0.4, 0.5) is 5.69 Å². The van der Waals surface area contributed by atoms with E-state index in [2.05, 4.69) is 369 Å². The third-order valence-corrected chi connectivity index (χ3v) is 27.2. The van der Waals surface area contributed by atoms with Crippen LogP contribution < -0.4 is 83.2 Å². The molecule has 11 heteroatoms. The number of hydrogen-bond donors (Lipinski definition) is 1. The fraction of sp³-hybridized carbons (Fsp3) is 0.0312. The molecule has 1 heterocycles. The average Bonchev–Trinajstić information content (AvgIpc) is 1.69. The molecule has 5 nitrogen and oxygen atoms in total. The predicted molar refractivity (Wildman–Crippen MR) is 460 cm³/mol. The molecule has 1 aliphatic rings. The molecule has 0 aromatic heterocycles. The van der Waals surface area contributed by atoms with Crippen molar-refractivity contribution in [2.45, 2.75) is 0 Å². The number of ether oxygens (including phenoxy) is 3. The molecule has 1 amide bonds. The van der Waals surface area contributed by atoms with Crippen LogP contribution in [0.2, 0.25) is 5.02 Å². The van der Waals surface area contributed by atoms with Crippen LogP contribution in [0.1, 0.15) is 11.1 Å². The molecule has 0 unspecified atom stereocenters. The molecule has 530 valence electrons. The van der Waals surface area contributed by atoms with Crippen molar-refractivity contribution >= 4 is 130 Å². The summed E-state index contributed by atoms with van der Waals surface area (Å²) in [5.41, 5.74) is 4.63. The summed E-state index contributed by atoms with van der Waals surface area (Å²) < 4.78 is 16.4. The summed E-state index contributed by atoms with van der Waals surface area (Å²) in [6.07, 6.45) is 1.84. The summed E-state index contributed by atoms with van der Waals surface area (Å²) in [4.78, 5) is 12.7. The molecule has 0 aliphatic carbocycles. The number of fused-ring (bicyclic) bond motifs is 1. The van der Waals surface area contributed by atoms with Crippen molar-refractivity contribution in [1.82, 2.24) is 0 Å². The Morgan fingerprint density at radius 2 is 0.542 bits per heavy atom. The predicted octanol–water partition coefficient (Wildman–Crippen LogP) is 19.3. The maximum Gasteiger partial charge on any atom is 0.256 e. The van der Waals surface area contributed by atoms with Crippen LogP contribution in [-0.4, -0.2) is 27.2 Å². The van der Waals surface area contributed by atoms with Gasteiger partial charge in [0.1, 0.15) is 5.75 Å². The Morgan fingerprint density at radius 1 is 0.280 bits per heavy atom. The number of carbonyl (C=O) groups is 1. The smallest absolute Gasteiger partial charge is 0.256 e. The number of carbonyl (C=O) groups excluding carboxylic acids is 1. The Balaban J connectivity index is 0.000000135. The first-order valence-corrected chi connectivity index (χ1v) is 40.6. The van der Waals surface area contributed by atoms with Crippen LogP contribution >= 0.6 is 43.3 Å². The molecule has 0 radical (unpaired) electrons. The van der Waals surface area contributed by atoms with Gasteiger partial charge in [-0.25, -0.2) is 0 Å². The molecule has 1 N–H and O–H groups in total. The zero-order valence-electron chi connectivity index (χ0n) is 59.5. The molecule has 0 fully saturated rings. The van der Waals surface area contributed by atoms with Gasteiger partial charge in [0.25, 0.3) is 5.91 Å². The van der Waals surface area contributed by atoms with E-state index in [1.165, 1.54) is 63.7 Å². The third kappa shape index (κ3) is 21.2. The van der Waals surface area contributed by atoms with Gasteiger partial charge in [-0.1, -0.05) is 388 Å². The number of benzene rings is 15. The summed E-state index contributed by atoms with van der Waals surface area (Å²) in [6, 6.07) is 146. The minimum absolute atomic E-state index is 0. The van der Waals surface area contributed by atoms with E-state index in [0.29, 0.717) is 22.1 Å². The van der Waals surface area contributed by atoms with Gasteiger partial charge in [0.2, 0.25) is 0 Å². The number of rotatable bonds is 17. The fourth-order valence-electron chi connectivity index (χ4n) is 12.2. The Bertz CT molecular complexity index is 4320. The molecule has 0 saturated carbocycles. The van der Waals surface area contributed by atoms with Gasteiger partial charge in [0, 0.05) is 42.3 Å². The maximum absolute atomic E-state index is 12.7. The number of amides is 1. The molecule has 15 aromatic rings. The summed E-state index contributed by atoms with van der Waals surface area (Å²) in [7, 11) is 3.01. The van der Waals surface area contributed by atoms with Crippen LogP contribution in [0.3, 0.4) is 0 Å². The van der Waals surface area contributed by atoms with Crippen molar-refractivity contribution in [3.63, 3.8) is 0 Å². The molecule has 1 aliphatic heterocycles. The maximum atomic E-state index is 12.7. The molecular weight excluding hydrogens is 1500 g/mol. The quantitative estimate of drug-likeness (QED) is 0.0561.